The number of aryl methyl sites for hydroxylation is 3. The minimum absolute atomic E-state index is 0.165. The predicted octanol–water partition coefficient (Wildman–Crippen LogP) is 10.3. The van der Waals surface area contributed by atoms with Gasteiger partial charge in [0.2, 0.25) is 0 Å². The van der Waals surface area contributed by atoms with Gasteiger partial charge in [0.15, 0.2) is 0 Å². The average molecular weight is 827 g/mol. The normalized spacial score (nSPS) is 30.1. The lowest BCUT2D eigenvalue weighted by Crippen LogP contribution is -2.55. The summed E-state index contributed by atoms with van der Waals surface area (Å²) in [6.07, 6.45) is 8.43. The first-order chi connectivity index (χ1) is 30.0. The van der Waals surface area contributed by atoms with Gasteiger partial charge >= 0.3 is 0 Å². The van der Waals surface area contributed by atoms with Crippen molar-refractivity contribution in [3.05, 3.63) is 208 Å². The molecule has 5 heteroatoms. The van der Waals surface area contributed by atoms with E-state index in [-0.39, 0.29) is 16.7 Å². The van der Waals surface area contributed by atoms with E-state index in [1.165, 1.54) is 38.9 Å². The maximum absolute atomic E-state index is 11.8. The first kappa shape index (κ1) is 42.3. The van der Waals surface area contributed by atoms with E-state index in [4.69, 9.17) is 0 Å². The lowest BCUT2D eigenvalue weighted by atomic mass is 9.54. The van der Waals surface area contributed by atoms with E-state index < -0.39 is 23.4 Å². The van der Waals surface area contributed by atoms with Crippen molar-refractivity contribution in [3.63, 3.8) is 0 Å². The van der Waals surface area contributed by atoms with E-state index in [0.717, 1.165) is 62.5 Å². The second-order valence-corrected chi connectivity index (χ2v) is 19.2. The molecule has 0 bridgehead atoms. The van der Waals surface area contributed by atoms with Gasteiger partial charge in [0.25, 0.3) is 0 Å². The highest BCUT2D eigenvalue weighted by molar-refractivity contribution is 5.46. The number of hydrogen-bond donors (Lipinski definition) is 5. The fraction of sp³-hybridized carbons (Fsp3) is 0.368. The van der Waals surface area contributed by atoms with Gasteiger partial charge in [0.1, 0.15) is 17.0 Å². The standard InChI is InChI=1S/C29H32O2.C28H30O3/c1-21-15-16-26-23(17-21)11-8-14-25-19-29(31,24-12-6-3-7-13-24)27(30)20-28(25,26)18-22-9-4-2-5-10-22;29-24-14-15-25-21(16-24)10-7-13-23-18-28(31,22-11-5-2-6-12-22)26(30)19-27(23,25)17-20-8-3-1-4-9-20/h2-7,9-10,12-13,15-17,25,27,30-31H,8,11,14,18-20H2,1H3;1-6,8-9,11-12,14-16,23,26,29-31H,7,10,13,17-19H2/t25-,27+,28+,29+;23-,26+,27+,28+/m00/s1. The Bertz CT molecular complexity index is 2270. The first-order valence-electron chi connectivity index (χ1n) is 22.9. The molecule has 0 amide bonds. The third-order valence-electron chi connectivity index (χ3n) is 15.6. The van der Waals surface area contributed by atoms with Crippen LogP contribution < -0.4 is 0 Å². The SMILES string of the molecule is Cc1ccc2c(c1)CCC[C@H]1C[C@@](O)(c3ccccc3)[C@H](O)C[C@@]21Cc1ccccc1.Oc1ccc2c(c1)CCC[C@H]1C[C@@](O)(c3ccccc3)[C@H](O)C[C@@]21Cc1ccccc1. The first-order valence-corrected chi connectivity index (χ1v) is 22.9. The topological polar surface area (TPSA) is 101 Å². The van der Waals surface area contributed by atoms with Crippen LogP contribution in [0, 0.1) is 18.8 Å². The molecular formula is C57H62O5. The monoisotopic (exact) mass is 826 g/mol. The number of aliphatic hydroxyl groups excluding tert-OH is 2. The van der Waals surface area contributed by atoms with E-state index in [1.54, 1.807) is 6.07 Å². The Morgan fingerprint density at radius 2 is 0.887 bits per heavy atom. The number of benzene rings is 6. The number of aromatic hydroxyl groups is 1. The van der Waals surface area contributed by atoms with Crippen molar-refractivity contribution in [2.45, 2.75) is 118 Å². The van der Waals surface area contributed by atoms with E-state index >= 15 is 0 Å². The van der Waals surface area contributed by atoms with Crippen LogP contribution >= 0.6 is 0 Å². The lowest BCUT2D eigenvalue weighted by molar-refractivity contribution is -0.143. The molecule has 4 aliphatic rings. The van der Waals surface area contributed by atoms with Crippen LogP contribution in [0.5, 0.6) is 5.75 Å². The van der Waals surface area contributed by atoms with Crippen LogP contribution in [0.3, 0.4) is 0 Å². The second-order valence-electron chi connectivity index (χ2n) is 19.2. The van der Waals surface area contributed by atoms with E-state index in [1.807, 2.05) is 72.8 Å². The Morgan fingerprint density at radius 1 is 0.484 bits per heavy atom. The summed E-state index contributed by atoms with van der Waals surface area (Å²) in [6.45, 7) is 2.16. The van der Waals surface area contributed by atoms with Gasteiger partial charge in [-0.3, -0.25) is 0 Å². The van der Waals surface area contributed by atoms with Crippen LogP contribution in [0.4, 0.5) is 0 Å². The molecule has 0 saturated heterocycles. The van der Waals surface area contributed by atoms with Crippen molar-refractivity contribution in [1.82, 2.24) is 0 Å². The number of rotatable bonds is 6. The molecule has 320 valence electrons. The molecule has 0 unspecified atom stereocenters. The Labute approximate surface area is 367 Å². The van der Waals surface area contributed by atoms with Crippen molar-refractivity contribution in [1.29, 1.82) is 0 Å². The molecular weight excluding hydrogens is 765 g/mol. The zero-order valence-electron chi connectivity index (χ0n) is 36.0. The molecule has 0 heterocycles. The number of aliphatic hydroxyl groups is 4. The van der Waals surface area contributed by atoms with Crippen LogP contribution in [-0.2, 0) is 47.7 Å². The quantitative estimate of drug-likeness (QED) is 0.115. The zero-order valence-corrected chi connectivity index (χ0v) is 36.0. The predicted molar refractivity (Wildman–Crippen MR) is 247 cm³/mol. The van der Waals surface area contributed by atoms with Gasteiger partial charge < -0.3 is 25.5 Å². The van der Waals surface area contributed by atoms with Crippen molar-refractivity contribution in [2.24, 2.45) is 11.8 Å². The van der Waals surface area contributed by atoms with E-state index in [2.05, 4.69) is 85.8 Å². The van der Waals surface area contributed by atoms with Crippen LogP contribution in [0.15, 0.2) is 158 Å². The molecule has 0 radical (unpaired) electrons. The summed E-state index contributed by atoms with van der Waals surface area (Å²) in [5.41, 5.74) is 7.82. The fourth-order valence-electron chi connectivity index (χ4n) is 12.6. The molecule has 62 heavy (non-hydrogen) atoms. The maximum atomic E-state index is 11.8. The summed E-state index contributed by atoms with van der Waals surface area (Å²) >= 11 is 0. The van der Waals surface area contributed by atoms with Crippen LogP contribution in [-0.4, -0.2) is 37.7 Å². The molecule has 4 aliphatic carbocycles. The third kappa shape index (κ3) is 7.83. The molecule has 0 spiro atoms. The Kier molecular flexibility index (Phi) is 11.8. The summed E-state index contributed by atoms with van der Waals surface area (Å²) in [5.74, 6) is 0.835. The van der Waals surface area contributed by atoms with E-state index in [0.29, 0.717) is 37.4 Å². The smallest absolute Gasteiger partial charge is 0.116 e. The fourth-order valence-corrected chi connectivity index (χ4v) is 12.6. The van der Waals surface area contributed by atoms with Crippen molar-refractivity contribution in [2.75, 3.05) is 0 Å². The minimum Gasteiger partial charge on any atom is -0.508 e. The number of phenolic OH excluding ortho intramolecular Hbond substituents is 1. The van der Waals surface area contributed by atoms with Gasteiger partial charge in [-0.2, -0.15) is 0 Å². The molecule has 6 aromatic carbocycles. The van der Waals surface area contributed by atoms with Gasteiger partial charge in [0, 0.05) is 10.8 Å². The summed E-state index contributed by atoms with van der Waals surface area (Å²) in [6, 6.07) is 53.2. The highest BCUT2D eigenvalue weighted by Gasteiger charge is 2.57. The Balaban J connectivity index is 0.000000158. The summed E-state index contributed by atoms with van der Waals surface area (Å²) in [4.78, 5) is 0. The number of fused-ring (bicyclic) bond motifs is 6. The largest absolute Gasteiger partial charge is 0.508 e. The van der Waals surface area contributed by atoms with Gasteiger partial charge in [0.05, 0.1) is 12.2 Å². The van der Waals surface area contributed by atoms with Gasteiger partial charge in [-0.15, -0.1) is 0 Å². The average Bonchev–Trinajstić information content (AvgIpc) is 3.52. The maximum Gasteiger partial charge on any atom is 0.116 e. The van der Waals surface area contributed by atoms with Gasteiger partial charge in [-0.25, -0.2) is 0 Å². The summed E-state index contributed by atoms with van der Waals surface area (Å²) in [5, 5.41) is 56.6. The molecule has 0 aliphatic heterocycles. The van der Waals surface area contributed by atoms with E-state index in [9.17, 15) is 25.5 Å². The van der Waals surface area contributed by atoms with Crippen molar-refractivity contribution in [3.8, 4) is 5.75 Å². The minimum atomic E-state index is -1.24. The molecule has 2 saturated carbocycles. The van der Waals surface area contributed by atoms with Crippen LogP contribution in [0.25, 0.3) is 0 Å². The highest BCUT2D eigenvalue weighted by atomic mass is 16.3. The molecule has 10 rings (SSSR count). The lowest BCUT2D eigenvalue weighted by Gasteiger charge is -2.53. The second kappa shape index (κ2) is 17.3. The number of hydrogen-bond acceptors (Lipinski definition) is 5. The Hall–Kier alpha value is -5.04. The van der Waals surface area contributed by atoms with Crippen molar-refractivity contribution < 1.29 is 25.5 Å². The van der Waals surface area contributed by atoms with Gasteiger partial charge in [-0.1, -0.05) is 151 Å². The zero-order chi connectivity index (χ0) is 43.0. The molecule has 6 aromatic rings. The van der Waals surface area contributed by atoms with Crippen LogP contribution in [0.1, 0.15) is 101 Å². The van der Waals surface area contributed by atoms with Crippen molar-refractivity contribution >= 4 is 0 Å². The number of phenols is 1. The molecule has 2 fully saturated rings. The summed E-state index contributed by atoms with van der Waals surface area (Å²) < 4.78 is 0. The Morgan fingerprint density at radius 3 is 1.34 bits per heavy atom. The molecule has 0 aromatic heterocycles. The highest BCUT2D eigenvalue weighted by Crippen LogP contribution is 2.57. The van der Waals surface area contributed by atoms with Crippen LogP contribution in [0.2, 0.25) is 0 Å². The third-order valence-corrected chi connectivity index (χ3v) is 15.6. The summed E-state index contributed by atoms with van der Waals surface area (Å²) in [7, 11) is 0. The van der Waals surface area contributed by atoms with Gasteiger partial charge in [-0.05, 0) is 152 Å². The molecule has 8 atom stereocenters. The molecule has 5 N–H and O–H groups in total. The molecule has 5 nitrogen and oxygen atoms in total.